The molecule has 7 heteroatoms. The highest BCUT2D eigenvalue weighted by molar-refractivity contribution is 7.12. The van der Waals surface area contributed by atoms with Crippen molar-refractivity contribution in [1.29, 1.82) is 0 Å². The third kappa shape index (κ3) is 4.48. The summed E-state index contributed by atoms with van der Waals surface area (Å²) in [5.41, 5.74) is 4.30. The maximum atomic E-state index is 12.5. The molecule has 0 bridgehead atoms. The van der Waals surface area contributed by atoms with E-state index >= 15 is 0 Å². The van der Waals surface area contributed by atoms with Gasteiger partial charge in [-0.25, -0.2) is 9.78 Å². The molecule has 2 heterocycles. The Balaban J connectivity index is 1.58. The second-order valence-corrected chi connectivity index (χ2v) is 7.50. The number of carbonyl (C=O) groups is 2. The molecule has 0 amide bonds. The Bertz CT molecular complexity index is 986. The number of aromatic nitrogens is 2. The summed E-state index contributed by atoms with van der Waals surface area (Å²) in [5.74, 6) is -0.232. The molecular formula is C21H22N2O4S. The van der Waals surface area contributed by atoms with Crippen LogP contribution in [-0.4, -0.2) is 34.5 Å². The lowest BCUT2D eigenvalue weighted by molar-refractivity contribution is -0.144. The summed E-state index contributed by atoms with van der Waals surface area (Å²) in [6.07, 6.45) is 1.72. The van der Waals surface area contributed by atoms with Crippen molar-refractivity contribution in [3.63, 3.8) is 0 Å². The van der Waals surface area contributed by atoms with E-state index < -0.39 is 5.97 Å². The van der Waals surface area contributed by atoms with Gasteiger partial charge in [0, 0.05) is 28.5 Å². The Labute approximate surface area is 167 Å². The predicted octanol–water partition coefficient (Wildman–Crippen LogP) is 3.97. The van der Waals surface area contributed by atoms with Gasteiger partial charge >= 0.3 is 5.97 Å². The van der Waals surface area contributed by atoms with Crippen molar-refractivity contribution in [3.05, 3.63) is 63.9 Å². The number of hydrogen-bond acceptors (Lipinski definition) is 6. The zero-order valence-corrected chi connectivity index (χ0v) is 17.1. The van der Waals surface area contributed by atoms with Gasteiger partial charge in [0.2, 0.25) is 5.78 Å². The van der Waals surface area contributed by atoms with E-state index in [0.29, 0.717) is 11.3 Å². The van der Waals surface area contributed by atoms with Gasteiger partial charge in [0.1, 0.15) is 5.75 Å². The number of rotatable bonds is 7. The standard InChI is InChI=1S/C21H22N2O4S/c1-13-7-14(2)9-17(8-13)26-12-20(25)27-11-19(24)18-10-15(3)23(16(18)4)21-22-5-6-28-21/h5-10H,11-12H2,1-4H3. The van der Waals surface area contributed by atoms with E-state index in [1.54, 1.807) is 12.3 Å². The Morgan fingerprint density at radius 3 is 2.39 bits per heavy atom. The normalized spacial score (nSPS) is 10.7. The number of esters is 1. The van der Waals surface area contributed by atoms with Crippen LogP contribution in [-0.2, 0) is 9.53 Å². The number of nitrogens with zero attached hydrogens (tertiary/aromatic N) is 2. The van der Waals surface area contributed by atoms with Crippen molar-refractivity contribution in [2.45, 2.75) is 27.7 Å². The monoisotopic (exact) mass is 398 g/mol. The van der Waals surface area contributed by atoms with Gasteiger partial charge in [0.25, 0.3) is 0 Å². The summed E-state index contributed by atoms with van der Waals surface area (Å²) in [6, 6.07) is 7.50. The van der Waals surface area contributed by atoms with E-state index in [2.05, 4.69) is 4.98 Å². The van der Waals surface area contributed by atoms with Crippen molar-refractivity contribution >= 4 is 23.1 Å². The maximum absolute atomic E-state index is 12.5. The fraction of sp³-hybridized carbons (Fsp3) is 0.286. The van der Waals surface area contributed by atoms with Gasteiger partial charge < -0.3 is 9.47 Å². The topological polar surface area (TPSA) is 70.4 Å². The van der Waals surface area contributed by atoms with Crippen LogP contribution >= 0.6 is 11.3 Å². The lowest BCUT2D eigenvalue weighted by Crippen LogP contribution is -2.20. The zero-order chi connectivity index (χ0) is 20.3. The van der Waals surface area contributed by atoms with Gasteiger partial charge in [-0.05, 0) is 57.0 Å². The van der Waals surface area contributed by atoms with E-state index in [1.165, 1.54) is 11.3 Å². The van der Waals surface area contributed by atoms with Gasteiger partial charge in [-0.2, -0.15) is 0 Å². The minimum absolute atomic E-state index is 0.242. The highest BCUT2D eigenvalue weighted by Gasteiger charge is 2.19. The van der Waals surface area contributed by atoms with Crippen LogP contribution in [0.25, 0.3) is 5.13 Å². The number of ether oxygens (including phenoxy) is 2. The van der Waals surface area contributed by atoms with Crippen molar-refractivity contribution in [3.8, 4) is 10.9 Å². The number of hydrogen-bond donors (Lipinski definition) is 0. The third-order valence-corrected chi connectivity index (χ3v) is 5.01. The van der Waals surface area contributed by atoms with E-state index in [0.717, 1.165) is 27.6 Å². The minimum atomic E-state index is -0.582. The molecule has 0 aliphatic heterocycles. The molecule has 0 atom stereocenters. The second kappa shape index (κ2) is 8.39. The van der Waals surface area contributed by atoms with Gasteiger partial charge in [0.05, 0.1) is 0 Å². The molecule has 3 aromatic rings. The number of thiazole rings is 1. The third-order valence-electron chi connectivity index (χ3n) is 4.26. The van der Waals surface area contributed by atoms with Crippen molar-refractivity contribution in [2.24, 2.45) is 0 Å². The molecule has 0 unspecified atom stereocenters. The molecule has 146 valence electrons. The number of benzene rings is 1. The largest absolute Gasteiger partial charge is 0.482 e. The molecule has 0 fully saturated rings. The van der Waals surface area contributed by atoms with Crippen LogP contribution in [0.1, 0.15) is 32.9 Å². The zero-order valence-electron chi connectivity index (χ0n) is 16.3. The first-order chi connectivity index (χ1) is 13.3. The van der Waals surface area contributed by atoms with Gasteiger partial charge in [-0.15, -0.1) is 11.3 Å². The van der Waals surface area contributed by atoms with Gasteiger partial charge in [-0.3, -0.25) is 9.36 Å². The van der Waals surface area contributed by atoms with Crippen LogP contribution < -0.4 is 4.74 Å². The average Bonchev–Trinajstić information content (AvgIpc) is 3.25. The molecule has 2 aromatic heterocycles. The molecule has 0 radical (unpaired) electrons. The molecule has 0 aliphatic rings. The minimum Gasteiger partial charge on any atom is -0.482 e. The fourth-order valence-electron chi connectivity index (χ4n) is 3.09. The summed E-state index contributed by atoms with van der Waals surface area (Å²) in [6.45, 7) is 7.12. The summed E-state index contributed by atoms with van der Waals surface area (Å²) >= 11 is 1.49. The fourth-order valence-corrected chi connectivity index (χ4v) is 3.84. The van der Waals surface area contributed by atoms with E-state index in [1.807, 2.05) is 55.8 Å². The van der Waals surface area contributed by atoms with Crippen LogP contribution in [0.4, 0.5) is 0 Å². The summed E-state index contributed by atoms with van der Waals surface area (Å²) in [5, 5.41) is 2.68. The lowest BCUT2D eigenvalue weighted by atomic mass is 10.1. The maximum Gasteiger partial charge on any atom is 0.344 e. The van der Waals surface area contributed by atoms with E-state index in [9.17, 15) is 9.59 Å². The van der Waals surface area contributed by atoms with E-state index in [-0.39, 0.29) is 19.0 Å². The Kier molecular flexibility index (Phi) is 5.94. The molecule has 0 N–H and O–H groups in total. The molecule has 3 rings (SSSR count). The number of Topliss-reactive ketones (excluding diaryl/α,β-unsaturated/α-hetero) is 1. The molecular weight excluding hydrogens is 376 g/mol. The first-order valence-corrected chi connectivity index (χ1v) is 9.72. The Morgan fingerprint density at radius 1 is 1.04 bits per heavy atom. The second-order valence-electron chi connectivity index (χ2n) is 6.63. The Hall–Kier alpha value is -2.93. The summed E-state index contributed by atoms with van der Waals surface area (Å²) in [7, 11) is 0. The molecule has 1 aromatic carbocycles. The van der Waals surface area contributed by atoms with Crippen LogP contribution in [0.2, 0.25) is 0 Å². The van der Waals surface area contributed by atoms with E-state index in [4.69, 9.17) is 9.47 Å². The summed E-state index contributed by atoms with van der Waals surface area (Å²) < 4.78 is 12.5. The Morgan fingerprint density at radius 2 is 1.75 bits per heavy atom. The number of ketones is 1. The van der Waals surface area contributed by atoms with Crippen molar-refractivity contribution < 1.29 is 19.1 Å². The van der Waals surface area contributed by atoms with Crippen molar-refractivity contribution in [1.82, 2.24) is 9.55 Å². The SMILES string of the molecule is Cc1cc(C)cc(OCC(=O)OCC(=O)c2cc(C)n(-c3nccs3)c2C)c1. The first-order valence-electron chi connectivity index (χ1n) is 8.84. The molecule has 6 nitrogen and oxygen atoms in total. The predicted molar refractivity (Wildman–Crippen MR) is 108 cm³/mol. The number of aryl methyl sites for hydroxylation is 3. The highest BCUT2D eigenvalue weighted by Crippen LogP contribution is 2.22. The molecule has 0 saturated carbocycles. The first kappa shape index (κ1) is 19.8. The van der Waals surface area contributed by atoms with Crippen LogP contribution in [0.15, 0.2) is 35.8 Å². The highest BCUT2D eigenvalue weighted by atomic mass is 32.1. The quantitative estimate of drug-likeness (QED) is 0.445. The smallest absolute Gasteiger partial charge is 0.344 e. The molecule has 0 aliphatic carbocycles. The number of carbonyl (C=O) groups excluding carboxylic acids is 2. The van der Waals surface area contributed by atoms with Crippen LogP contribution in [0.5, 0.6) is 5.75 Å². The van der Waals surface area contributed by atoms with Crippen LogP contribution in [0, 0.1) is 27.7 Å². The van der Waals surface area contributed by atoms with Gasteiger partial charge in [0.15, 0.2) is 18.3 Å². The van der Waals surface area contributed by atoms with Crippen LogP contribution in [0.3, 0.4) is 0 Å². The lowest BCUT2D eigenvalue weighted by Gasteiger charge is -2.09. The average molecular weight is 398 g/mol. The van der Waals surface area contributed by atoms with Crippen molar-refractivity contribution in [2.75, 3.05) is 13.2 Å². The van der Waals surface area contributed by atoms with Gasteiger partial charge in [-0.1, -0.05) is 6.07 Å². The molecule has 0 saturated heterocycles. The molecule has 0 spiro atoms. The molecule has 28 heavy (non-hydrogen) atoms. The summed E-state index contributed by atoms with van der Waals surface area (Å²) in [4.78, 5) is 28.8.